The van der Waals surface area contributed by atoms with Crippen molar-refractivity contribution in [2.45, 2.75) is 322 Å². The number of hydrogen-bond donors (Lipinski definition) is 0. The number of unbranched alkanes of at least 4 members (excludes halogenated alkanes) is 39. The summed E-state index contributed by atoms with van der Waals surface area (Å²) in [7, 11) is 0. The van der Waals surface area contributed by atoms with E-state index in [1.54, 1.807) is 0 Å². The van der Waals surface area contributed by atoms with Crippen LogP contribution in [0.15, 0.2) is 12.2 Å². The summed E-state index contributed by atoms with van der Waals surface area (Å²) in [6.07, 6.45) is 59.2. The fourth-order valence-corrected chi connectivity index (χ4v) is 8.50. The molecule has 63 heavy (non-hydrogen) atoms. The lowest BCUT2D eigenvalue weighted by Crippen LogP contribution is -2.30. The average molecular weight is 889 g/mol. The maximum atomic E-state index is 12.8. The molecular weight excluding hydrogens is 781 g/mol. The van der Waals surface area contributed by atoms with E-state index in [9.17, 15) is 14.4 Å². The van der Waals surface area contributed by atoms with Gasteiger partial charge in [0.15, 0.2) is 6.10 Å². The van der Waals surface area contributed by atoms with Crippen LogP contribution in [0.5, 0.6) is 0 Å². The van der Waals surface area contributed by atoms with Crippen LogP contribution in [0.25, 0.3) is 0 Å². The van der Waals surface area contributed by atoms with Gasteiger partial charge in [-0.2, -0.15) is 0 Å². The van der Waals surface area contributed by atoms with E-state index in [2.05, 4.69) is 32.9 Å². The van der Waals surface area contributed by atoms with Crippen LogP contribution < -0.4 is 0 Å². The van der Waals surface area contributed by atoms with Crippen molar-refractivity contribution in [3.8, 4) is 0 Å². The lowest BCUT2D eigenvalue weighted by Gasteiger charge is -2.18. The highest BCUT2D eigenvalue weighted by Gasteiger charge is 2.19. The number of rotatable bonds is 52. The zero-order chi connectivity index (χ0) is 45.8. The van der Waals surface area contributed by atoms with Crippen LogP contribution in [0, 0.1) is 0 Å². The Labute approximate surface area is 392 Å². The highest BCUT2D eigenvalue weighted by Crippen LogP contribution is 2.17. The van der Waals surface area contributed by atoms with Crippen LogP contribution in [0.2, 0.25) is 0 Å². The first-order valence-corrected chi connectivity index (χ1v) is 28.2. The molecule has 0 aliphatic rings. The molecule has 0 amide bonds. The molecule has 0 saturated heterocycles. The van der Waals surface area contributed by atoms with Gasteiger partial charge >= 0.3 is 17.9 Å². The van der Waals surface area contributed by atoms with Gasteiger partial charge in [0, 0.05) is 19.3 Å². The first kappa shape index (κ1) is 61.1. The largest absolute Gasteiger partial charge is 0.462 e. The summed E-state index contributed by atoms with van der Waals surface area (Å²) < 4.78 is 16.8. The van der Waals surface area contributed by atoms with Crippen molar-refractivity contribution in [3.05, 3.63) is 12.2 Å². The highest BCUT2D eigenvalue weighted by atomic mass is 16.6. The Bertz CT molecular complexity index is 978. The lowest BCUT2D eigenvalue weighted by atomic mass is 10.0. The van der Waals surface area contributed by atoms with Crippen molar-refractivity contribution >= 4 is 17.9 Å². The predicted molar refractivity (Wildman–Crippen MR) is 270 cm³/mol. The number of esters is 3. The fourth-order valence-electron chi connectivity index (χ4n) is 8.50. The molecule has 0 rings (SSSR count). The molecule has 6 nitrogen and oxygen atoms in total. The number of carbonyl (C=O) groups is 3. The van der Waals surface area contributed by atoms with E-state index in [1.807, 2.05) is 0 Å². The standard InChI is InChI=1S/C57H108O6/c1-4-7-10-13-16-19-22-24-26-28-29-30-32-33-35-38-41-44-47-50-56(59)62-53-54(52-61-55(58)49-46-43-40-37-21-18-15-12-9-6-3)63-57(60)51-48-45-42-39-36-34-31-27-25-23-20-17-14-11-8-5-2/h27,31,54H,4-26,28-30,32-53H2,1-3H3/b31-27-/t54-/m1/s1. The van der Waals surface area contributed by atoms with Gasteiger partial charge in [-0.05, 0) is 44.9 Å². The Hall–Kier alpha value is -1.85. The number of ether oxygens (including phenoxy) is 3. The number of allylic oxidation sites excluding steroid dienone is 2. The maximum absolute atomic E-state index is 12.8. The van der Waals surface area contributed by atoms with Gasteiger partial charge in [0.25, 0.3) is 0 Å². The maximum Gasteiger partial charge on any atom is 0.306 e. The molecule has 0 aliphatic carbocycles. The normalized spacial score (nSPS) is 12.0. The van der Waals surface area contributed by atoms with Crippen molar-refractivity contribution in [1.82, 2.24) is 0 Å². The monoisotopic (exact) mass is 889 g/mol. The first-order valence-electron chi connectivity index (χ1n) is 28.2. The minimum atomic E-state index is -0.768. The quantitative estimate of drug-likeness (QED) is 0.0262. The van der Waals surface area contributed by atoms with Gasteiger partial charge in [-0.25, -0.2) is 0 Å². The Kier molecular flexibility index (Phi) is 51.2. The van der Waals surface area contributed by atoms with E-state index < -0.39 is 6.10 Å². The van der Waals surface area contributed by atoms with E-state index >= 15 is 0 Å². The molecule has 0 aliphatic heterocycles. The SMILES string of the molecule is CCCCCCCCC/C=C\CCCCCCCC(=O)O[C@H](COC(=O)CCCCCCCCCCCC)COC(=O)CCCCCCCCCCCCCCCCCCCCC. The molecule has 1 atom stereocenters. The van der Waals surface area contributed by atoms with Crippen LogP contribution in [0.4, 0.5) is 0 Å². The summed E-state index contributed by atoms with van der Waals surface area (Å²) in [4.78, 5) is 38.0. The summed E-state index contributed by atoms with van der Waals surface area (Å²) in [5.74, 6) is -0.857. The summed E-state index contributed by atoms with van der Waals surface area (Å²) in [6.45, 7) is 6.67. The van der Waals surface area contributed by atoms with Crippen molar-refractivity contribution in [3.63, 3.8) is 0 Å². The summed E-state index contributed by atoms with van der Waals surface area (Å²) in [5.41, 5.74) is 0. The summed E-state index contributed by atoms with van der Waals surface area (Å²) >= 11 is 0. The molecule has 0 aromatic heterocycles. The molecule has 0 aromatic carbocycles. The molecule has 6 heteroatoms. The molecule has 0 saturated carbocycles. The van der Waals surface area contributed by atoms with E-state index in [1.165, 1.54) is 212 Å². The van der Waals surface area contributed by atoms with Crippen LogP contribution in [0.1, 0.15) is 316 Å². The van der Waals surface area contributed by atoms with Crippen molar-refractivity contribution in [1.29, 1.82) is 0 Å². The second-order valence-corrected chi connectivity index (χ2v) is 19.2. The summed E-state index contributed by atoms with van der Waals surface area (Å²) in [6, 6.07) is 0. The molecular formula is C57H108O6. The Morgan fingerprint density at radius 2 is 0.524 bits per heavy atom. The second kappa shape index (κ2) is 52.8. The minimum absolute atomic E-state index is 0.0677. The van der Waals surface area contributed by atoms with Gasteiger partial charge in [0.1, 0.15) is 13.2 Å². The zero-order valence-electron chi connectivity index (χ0n) is 42.6. The number of carbonyl (C=O) groups excluding carboxylic acids is 3. The van der Waals surface area contributed by atoms with Gasteiger partial charge in [-0.15, -0.1) is 0 Å². The van der Waals surface area contributed by atoms with E-state index in [0.29, 0.717) is 19.3 Å². The Morgan fingerprint density at radius 3 is 0.794 bits per heavy atom. The van der Waals surface area contributed by atoms with Crippen molar-refractivity contribution in [2.75, 3.05) is 13.2 Å². The van der Waals surface area contributed by atoms with Crippen molar-refractivity contribution < 1.29 is 28.6 Å². The molecule has 0 radical (unpaired) electrons. The molecule has 0 spiro atoms. The average Bonchev–Trinajstić information content (AvgIpc) is 3.28. The van der Waals surface area contributed by atoms with Crippen molar-refractivity contribution in [2.24, 2.45) is 0 Å². The third-order valence-electron chi connectivity index (χ3n) is 12.8. The fraction of sp³-hybridized carbons (Fsp3) is 0.912. The van der Waals surface area contributed by atoms with Gasteiger partial charge < -0.3 is 14.2 Å². The second-order valence-electron chi connectivity index (χ2n) is 19.2. The third kappa shape index (κ3) is 51.0. The zero-order valence-corrected chi connectivity index (χ0v) is 42.6. The molecule has 0 bridgehead atoms. The Balaban J connectivity index is 4.26. The molecule has 0 fully saturated rings. The topological polar surface area (TPSA) is 78.9 Å². The van der Waals surface area contributed by atoms with Gasteiger partial charge in [-0.3, -0.25) is 14.4 Å². The van der Waals surface area contributed by atoms with Gasteiger partial charge in [-0.1, -0.05) is 264 Å². The minimum Gasteiger partial charge on any atom is -0.462 e. The molecule has 372 valence electrons. The lowest BCUT2D eigenvalue weighted by molar-refractivity contribution is -0.167. The smallest absolute Gasteiger partial charge is 0.306 e. The van der Waals surface area contributed by atoms with Crippen LogP contribution in [-0.4, -0.2) is 37.2 Å². The predicted octanol–water partition coefficient (Wildman–Crippen LogP) is 18.5. The molecule has 0 heterocycles. The Morgan fingerprint density at radius 1 is 0.302 bits per heavy atom. The van der Waals surface area contributed by atoms with Crippen LogP contribution in [0.3, 0.4) is 0 Å². The van der Waals surface area contributed by atoms with E-state index in [4.69, 9.17) is 14.2 Å². The molecule has 0 aromatic rings. The molecule has 0 unspecified atom stereocenters. The van der Waals surface area contributed by atoms with Gasteiger partial charge in [0.05, 0.1) is 0 Å². The van der Waals surface area contributed by atoms with E-state index in [0.717, 1.165) is 64.2 Å². The number of hydrogen-bond acceptors (Lipinski definition) is 6. The van der Waals surface area contributed by atoms with Gasteiger partial charge in [0.2, 0.25) is 0 Å². The van der Waals surface area contributed by atoms with E-state index in [-0.39, 0.29) is 31.1 Å². The van der Waals surface area contributed by atoms with Crippen LogP contribution in [-0.2, 0) is 28.6 Å². The summed E-state index contributed by atoms with van der Waals surface area (Å²) in [5, 5.41) is 0. The highest BCUT2D eigenvalue weighted by molar-refractivity contribution is 5.71. The van der Waals surface area contributed by atoms with Crippen LogP contribution >= 0.6 is 0 Å². The molecule has 0 N–H and O–H groups in total. The third-order valence-corrected chi connectivity index (χ3v) is 12.8. The first-order chi connectivity index (χ1) is 31.0.